The highest BCUT2D eigenvalue weighted by Crippen LogP contribution is 2.31. The summed E-state index contributed by atoms with van der Waals surface area (Å²) in [5.74, 6) is 1.17. The van der Waals surface area contributed by atoms with Crippen molar-refractivity contribution in [1.82, 2.24) is 14.9 Å². The minimum Gasteiger partial charge on any atom is -0.342 e. The van der Waals surface area contributed by atoms with Gasteiger partial charge < -0.3 is 14.8 Å². The molecule has 2 atom stereocenters. The van der Waals surface area contributed by atoms with Crippen LogP contribution in [0, 0.1) is 6.92 Å². The highest BCUT2D eigenvalue weighted by atomic mass is 15.3. The summed E-state index contributed by atoms with van der Waals surface area (Å²) in [6.45, 7) is 5.44. The van der Waals surface area contributed by atoms with Crippen molar-refractivity contribution in [1.29, 1.82) is 0 Å². The number of hydrogen-bond donors (Lipinski definition) is 1. The van der Waals surface area contributed by atoms with Crippen LogP contribution in [0.5, 0.6) is 0 Å². The minimum atomic E-state index is 0.649. The number of unbranched alkanes of at least 4 members (excludes halogenated alkanes) is 1. The number of aromatic nitrogens is 2. The van der Waals surface area contributed by atoms with Gasteiger partial charge >= 0.3 is 0 Å². The zero-order valence-corrected chi connectivity index (χ0v) is 13.1. The zero-order valence-electron chi connectivity index (χ0n) is 13.1. The molecule has 2 bridgehead atoms. The van der Waals surface area contributed by atoms with Gasteiger partial charge in [-0.15, -0.1) is 0 Å². The van der Waals surface area contributed by atoms with Gasteiger partial charge in [0.2, 0.25) is 5.95 Å². The van der Waals surface area contributed by atoms with Crippen molar-refractivity contribution >= 4 is 5.95 Å². The van der Waals surface area contributed by atoms with Crippen LogP contribution in [0.3, 0.4) is 0 Å². The van der Waals surface area contributed by atoms with Crippen LogP contribution >= 0.6 is 0 Å². The number of piperidine rings is 1. The first-order valence-electron chi connectivity index (χ1n) is 8.20. The van der Waals surface area contributed by atoms with Gasteiger partial charge in [-0.3, -0.25) is 0 Å². The van der Waals surface area contributed by atoms with Crippen LogP contribution in [0.4, 0.5) is 5.95 Å². The summed E-state index contributed by atoms with van der Waals surface area (Å²) in [7, 11) is 2.24. The van der Waals surface area contributed by atoms with Crippen LogP contribution in [0.15, 0.2) is 6.20 Å². The van der Waals surface area contributed by atoms with E-state index in [1.165, 1.54) is 44.5 Å². The molecule has 4 nitrogen and oxygen atoms in total. The molecule has 20 heavy (non-hydrogen) atoms. The van der Waals surface area contributed by atoms with Crippen molar-refractivity contribution in [2.24, 2.45) is 0 Å². The number of imidazole rings is 1. The van der Waals surface area contributed by atoms with E-state index in [0.717, 1.165) is 24.3 Å². The molecule has 2 fully saturated rings. The number of nitrogens with zero attached hydrogens (tertiary/aromatic N) is 3. The van der Waals surface area contributed by atoms with Crippen LogP contribution in [0.25, 0.3) is 0 Å². The van der Waals surface area contributed by atoms with Crippen molar-refractivity contribution in [3.05, 3.63) is 11.9 Å². The third kappa shape index (κ3) is 2.71. The lowest BCUT2D eigenvalue weighted by Gasteiger charge is -2.36. The molecule has 0 saturated carbocycles. The lowest BCUT2D eigenvalue weighted by molar-refractivity contribution is 0.351. The van der Waals surface area contributed by atoms with Gasteiger partial charge in [-0.2, -0.15) is 0 Å². The summed E-state index contributed by atoms with van der Waals surface area (Å²) >= 11 is 0. The SMILES string of the molecule is CCCCn1cc(C)nc1N(C)C1CC2CCC(C1)N2. The molecular formula is C16H28N4. The normalized spacial score (nSPS) is 28.9. The number of nitrogens with one attached hydrogen (secondary N) is 1. The lowest BCUT2D eigenvalue weighted by atomic mass is 9.99. The molecular weight excluding hydrogens is 248 g/mol. The van der Waals surface area contributed by atoms with E-state index in [4.69, 9.17) is 4.98 Å². The van der Waals surface area contributed by atoms with Gasteiger partial charge in [0.1, 0.15) is 0 Å². The van der Waals surface area contributed by atoms with Gasteiger partial charge in [-0.05, 0) is 39.0 Å². The Morgan fingerprint density at radius 1 is 1.35 bits per heavy atom. The quantitative estimate of drug-likeness (QED) is 0.897. The van der Waals surface area contributed by atoms with Crippen LogP contribution in [-0.2, 0) is 6.54 Å². The second-order valence-corrected chi connectivity index (χ2v) is 6.60. The molecule has 3 rings (SSSR count). The van der Waals surface area contributed by atoms with E-state index in [1.807, 2.05) is 0 Å². The highest BCUT2D eigenvalue weighted by molar-refractivity contribution is 5.34. The Bertz CT molecular complexity index is 441. The van der Waals surface area contributed by atoms with Gasteiger partial charge in [0.15, 0.2) is 0 Å². The summed E-state index contributed by atoms with van der Waals surface area (Å²) in [5.41, 5.74) is 1.14. The molecule has 1 N–H and O–H groups in total. The largest absolute Gasteiger partial charge is 0.342 e. The average Bonchev–Trinajstić information content (AvgIpc) is 2.98. The highest BCUT2D eigenvalue weighted by Gasteiger charge is 2.36. The first-order valence-corrected chi connectivity index (χ1v) is 8.20. The maximum atomic E-state index is 4.78. The molecule has 0 spiro atoms. The summed E-state index contributed by atoms with van der Waals surface area (Å²) in [5, 5.41) is 3.73. The number of anilines is 1. The van der Waals surface area contributed by atoms with E-state index < -0.39 is 0 Å². The predicted octanol–water partition coefficient (Wildman–Crippen LogP) is 2.71. The molecule has 1 aromatic rings. The van der Waals surface area contributed by atoms with Gasteiger partial charge in [-0.1, -0.05) is 13.3 Å². The first kappa shape index (κ1) is 13.9. The third-order valence-corrected chi connectivity index (χ3v) is 4.94. The van der Waals surface area contributed by atoms with E-state index in [2.05, 4.69) is 41.9 Å². The van der Waals surface area contributed by atoms with E-state index in [-0.39, 0.29) is 0 Å². The number of aryl methyl sites for hydroxylation is 2. The Kier molecular flexibility index (Phi) is 4.01. The third-order valence-electron chi connectivity index (χ3n) is 4.94. The smallest absolute Gasteiger partial charge is 0.205 e. The molecule has 2 saturated heterocycles. The molecule has 3 heterocycles. The minimum absolute atomic E-state index is 0.649. The Morgan fingerprint density at radius 3 is 2.70 bits per heavy atom. The number of hydrogen-bond acceptors (Lipinski definition) is 3. The average molecular weight is 276 g/mol. The summed E-state index contributed by atoms with van der Waals surface area (Å²) in [6.07, 6.45) is 9.93. The van der Waals surface area contributed by atoms with Crippen molar-refractivity contribution in [3.8, 4) is 0 Å². The van der Waals surface area contributed by atoms with Crippen LogP contribution in [0.2, 0.25) is 0 Å². The molecule has 0 aliphatic carbocycles. The van der Waals surface area contributed by atoms with E-state index >= 15 is 0 Å². The van der Waals surface area contributed by atoms with Gasteiger partial charge in [0, 0.05) is 37.9 Å². The topological polar surface area (TPSA) is 33.1 Å². The van der Waals surface area contributed by atoms with Crippen molar-refractivity contribution < 1.29 is 0 Å². The van der Waals surface area contributed by atoms with E-state index in [0.29, 0.717) is 6.04 Å². The lowest BCUT2D eigenvalue weighted by Crippen LogP contribution is -2.47. The van der Waals surface area contributed by atoms with Gasteiger partial charge in [0.05, 0.1) is 5.69 Å². The van der Waals surface area contributed by atoms with Crippen molar-refractivity contribution in [2.75, 3.05) is 11.9 Å². The Balaban J connectivity index is 1.74. The number of fused-ring (bicyclic) bond motifs is 2. The Labute approximate surface area is 122 Å². The Hall–Kier alpha value is -1.03. The fourth-order valence-electron chi connectivity index (χ4n) is 3.82. The molecule has 2 aliphatic heterocycles. The molecule has 2 unspecified atom stereocenters. The fourth-order valence-corrected chi connectivity index (χ4v) is 3.82. The van der Waals surface area contributed by atoms with E-state index in [1.54, 1.807) is 0 Å². The van der Waals surface area contributed by atoms with Crippen LogP contribution in [-0.4, -0.2) is 34.7 Å². The second kappa shape index (κ2) is 5.76. The summed E-state index contributed by atoms with van der Waals surface area (Å²) < 4.78 is 2.35. The summed E-state index contributed by atoms with van der Waals surface area (Å²) in [6, 6.07) is 2.12. The molecule has 0 radical (unpaired) electrons. The van der Waals surface area contributed by atoms with Crippen LogP contribution < -0.4 is 10.2 Å². The van der Waals surface area contributed by atoms with Crippen molar-refractivity contribution in [3.63, 3.8) is 0 Å². The van der Waals surface area contributed by atoms with Gasteiger partial charge in [-0.25, -0.2) is 4.98 Å². The molecule has 0 aromatic carbocycles. The molecule has 4 heteroatoms. The van der Waals surface area contributed by atoms with Crippen LogP contribution in [0.1, 0.15) is 51.1 Å². The van der Waals surface area contributed by atoms with Gasteiger partial charge in [0.25, 0.3) is 0 Å². The molecule has 1 aromatic heterocycles. The molecule has 112 valence electrons. The van der Waals surface area contributed by atoms with E-state index in [9.17, 15) is 0 Å². The fraction of sp³-hybridized carbons (Fsp3) is 0.812. The second-order valence-electron chi connectivity index (χ2n) is 6.60. The zero-order chi connectivity index (χ0) is 14.1. The molecule has 2 aliphatic rings. The molecule has 0 amide bonds. The maximum Gasteiger partial charge on any atom is 0.205 e. The van der Waals surface area contributed by atoms with Crippen molar-refractivity contribution in [2.45, 2.75) is 77.0 Å². The summed E-state index contributed by atoms with van der Waals surface area (Å²) in [4.78, 5) is 7.22. The monoisotopic (exact) mass is 276 g/mol. The standard InChI is InChI=1S/C16H28N4/c1-4-5-8-20-11-12(2)17-16(20)19(3)15-9-13-6-7-14(10-15)18-13/h11,13-15,18H,4-10H2,1-3H3. The Morgan fingerprint density at radius 2 is 2.05 bits per heavy atom. The predicted molar refractivity (Wildman–Crippen MR) is 83.2 cm³/mol. The number of rotatable bonds is 5. The maximum absolute atomic E-state index is 4.78. The first-order chi connectivity index (χ1) is 9.67.